The highest BCUT2D eigenvalue weighted by Crippen LogP contribution is 2.21. The maximum Gasteiger partial charge on any atom is 0.270 e. The highest BCUT2D eigenvalue weighted by atomic mass is 32.1. The summed E-state index contributed by atoms with van der Waals surface area (Å²) < 4.78 is 5.58. The highest BCUT2D eigenvalue weighted by molar-refractivity contribution is 7.09. The zero-order valence-electron chi connectivity index (χ0n) is 15.7. The van der Waals surface area contributed by atoms with Crippen molar-refractivity contribution < 1.29 is 9.21 Å². The van der Waals surface area contributed by atoms with Crippen LogP contribution in [0.25, 0.3) is 0 Å². The molecule has 0 aliphatic rings. The van der Waals surface area contributed by atoms with Crippen LogP contribution in [0.3, 0.4) is 0 Å². The summed E-state index contributed by atoms with van der Waals surface area (Å²) in [5.74, 6) is 0.719. The van der Waals surface area contributed by atoms with E-state index in [1.165, 1.54) is 16.9 Å². The van der Waals surface area contributed by atoms with Gasteiger partial charge in [-0.05, 0) is 30.8 Å². The van der Waals surface area contributed by atoms with E-state index in [1.54, 1.807) is 6.26 Å². The summed E-state index contributed by atoms with van der Waals surface area (Å²) in [5.41, 5.74) is 1.67. The van der Waals surface area contributed by atoms with Crippen molar-refractivity contribution in [3.63, 3.8) is 0 Å². The second-order valence-electron chi connectivity index (χ2n) is 6.25. The molecular formula is C21H25N3O2S. The lowest BCUT2D eigenvalue weighted by atomic mass is 10.1. The second kappa shape index (κ2) is 9.48. The number of hydrogen-bond acceptors (Lipinski definition) is 5. The molecule has 0 aliphatic carbocycles. The zero-order valence-corrected chi connectivity index (χ0v) is 16.5. The van der Waals surface area contributed by atoms with Gasteiger partial charge in [-0.1, -0.05) is 44.2 Å². The third kappa shape index (κ3) is 5.05. The number of carbonyl (C=O) groups is 1. The summed E-state index contributed by atoms with van der Waals surface area (Å²) in [6.45, 7) is 6.47. The molecule has 1 amide bonds. The molecule has 1 atom stereocenters. The summed E-state index contributed by atoms with van der Waals surface area (Å²) >= 11 is 1.52. The smallest absolute Gasteiger partial charge is 0.270 e. The Bertz CT molecular complexity index is 826. The van der Waals surface area contributed by atoms with Gasteiger partial charge in [-0.15, -0.1) is 11.3 Å². The van der Waals surface area contributed by atoms with Crippen LogP contribution in [0.1, 0.15) is 46.7 Å². The van der Waals surface area contributed by atoms with Crippen LogP contribution in [-0.2, 0) is 6.42 Å². The minimum absolute atomic E-state index is 0.0152. The van der Waals surface area contributed by atoms with Crippen molar-refractivity contribution in [3.8, 4) is 0 Å². The van der Waals surface area contributed by atoms with E-state index >= 15 is 0 Å². The summed E-state index contributed by atoms with van der Waals surface area (Å²) in [6, 6.07) is 14.0. The summed E-state index contributed by atoms with van der Waals surface area (Å²) in [4.78, 5) is 19.3. The van der Waals surface area contributed by atoms with E-state index in [4.69, 9.17) is 4.42 Å². The summed E-state index contributed by atoms with van der Waals surface area (Å²) in [5, 5.41) is 5.79. The maximum absolute atomic E-state index is 12.6. The average molecular weight is 384 g/mol. The molecule has 0 bridgehead atoms. The number of aromatic nitrogens is 1. The molecule has 3 rings (SSSR count). The quantitative estimate of drug-likeness (QED) is 0.603. The Morgan fingerprint density at radius 3 is 2.63 bits per heavy atom. The monoisotopic (exact) mass is 383 g/mol. The van der Waals surface area contributed by atoms with E-state index in [2.05, 4.69) is 41.2 Å². The molecule has 142 valence electrons. The molecule has 1 N–H and O–H groups in total. The maximum atomic E-state index is 12.6. The standard InChI is InChI=1S/C21H25N3O2S/c1-3-24(4-2)18(19-11-8-12-26-19)14-22-21(25)17-15-27-20(23-17)13-16-9-6-5-7-10-16/h5-12,15,18H,3-4,13-14H2,1-2H3,(H,22,25). The number of benzene rings is 1. The minimum Gasteiger partial charge on any atom is -0.468 e. The first-order chi connectivity index (χ1) is 13.2. The van der Waals surface area contributed by atoms with Gasteiger partial charge < -0.3 is 9.73 Å². The molecule has 1 aromatic carbocycles. The van der Waals surface area contributed by atoms with E-state index in [1.807, 2.05) is 35.7 Å². The van der Waals surface area contributed by atoms with Crippen molar-refractivity contribution in [2.75, 3.05) is 19.6 Å². The Morgan fingerprint density at radius 1 is 1.19 bits per heavy atom. The van der Waals surface area contributed by atoms with Crippen LogP contribution in [0, 0.1) is 0 Å². The number of rotatable bonds is 9. The predicted octanol–water partition coefficient (Wildman–Crippen LogP) is 4.14. The molecule has 27 heavy (non-hydrogen) atoms. The first-order valence-electron chi connectivity index (χ1n) is 9.25. The highest BCUT2D eigenvalue weighted by Gasteiger charge is 2.22. The van der Waals surface area contributed by atoms with Gasteiger partial charge in [0.15, 0.2) is 0 Å². The van der Waals surface area contributed by atoms with Gasteiger partial charge in [0.1, 0.15) is 11.5 Å². The molecule has 0 fully saturated rings. The number of thiazole rings is 1. The normalized spacial score (nSPS) is 12.3. The Morgan fingerprint density at radius 2 is 1.96 bits per heavy atom. The zero-order chi connectivity index (χ0) is 19.1. The number of hydrogen-bond donors (Lipinski definition) is 1. The summed E-state index contributed by atoms with van der Waals surface area (Å²) in [6.07, 6.45) is 2.41. The first-order valence-corrected chi connectivity index (χ1v) is 10.1. The third-order valence-corrected chi connectivity index (χ3v) is 5.41. The molecule has 6 heteroatoms. The van der Waals surface area contributed by atoms with Gasteiger partial charge >= 0.3 is 0 Å². The van der Waals surface area contributed by atoms with Gasteiger partial charge in [0, 0.05) is 18.3 Å². The Labute approximate surface area is 164 Å². The van der Waals surface area contributed by atoms with E-state index in [0.717, 1.165) is 30.3 Å². The van der Waals surface area contributed by atoms with Gasteiger partial charge in [0.05, 0.1) is 17.3 Å². The predicted molar refractivity (Wildman–Crippen MR) is 108 cm³/mol. The lowest BCUT2D eigenvalue weighted by Gasteiger charge is -2.28. The molecule has 2 heterocycles. The first kappa shape index (κ1) is 19.3. The molecule has 0 saturated carbocycles. The molecule has 5 nitrogen and oxygen atoms in total. The van der Waals surface area contributed by atoms with E-state index in [9.17, 15) is 4.79 Å². The lowest BCUT2D eigenvalue weighted by Crippen LogP contribution is -2.38. The second-order valence-corrected chi connectivity index (χ2v) is 7.19. The van der Waals surface area contributed by atoms with Gasteiger partial charge in [-0.25, -0.2) is 4.98 Å². The molecule has 2 aromatic heterocycles. The number of furan rings is 1. The van der Waals surface area contributed by atoms with Crippen LogP contribution in [-0.4, -0.2) is 35.4 Å². The van der Waals surface area contributed by atoms with Gasteiger partial charge in [0.25, 0.3) is 5.91 Å². The van der Waals surface area contributed by atoms with Crippen molar-refractivity contribution in [2.24, 2.45) is 0 Å². The van der Waals surface area contributed by atoms with E-state index in [0.29, 0.717) is 12.2 Å². The van der Waals surface area contributed by atoms with Crippen LogP contribution in [0.15, 0.2) is 58.5 Å². The molecule has 0 radical (unpaired) electrons. The fraction of sp³-hybridized carbons (Fsp3) is 0.333. The molecule has 1 unspecified atom stereocenters. The van der Waals surface area contributed by atoms with Gasteiger partial charge in [0.2, 0.25) is 0 Å². The lowest BCUT2D eigenvalue weighted by molar-refractivity contribution is 0.0925. The SMILES string of the molecule is CCN(CC)C(CNC(=O)c1csc(Cc2ccccc2)n1)c1ccco1. The fourth-order valence-electron chi connectivity index (χ4n) is 3.10. The van der Waals surface area contributed by atoms with Crippen molar-refractivity contribution in [2.45, 2.75) is 26.3 Å². The average Bonchev–Trinajstić information content (AvgIpc) is 3.38. The number of amides is 1. The molecule has 0 saturated heterocycles. The Hall–Kier alpha value is -2.44. The topological polar surface area (TPSA) is 58.4 Å². The molecule has 0 aliphatic heterocycles. The fourth-order valence-corrected chi connectivity index (χ4v) is 3.91. The van der Waals surface area contributed by atoms with Crippen molar-refractivity contribution in [3.05, 3.63) is 76.1 Å². The minimum atomic E-state index is -0.144. The van der Waals surface area contributed by atoms with E-state index < -0.39 is 0 Å². The van der Waals surface area contributed by atoms with Crippen molar-refractivity contribution >= 4 is 17.2 Å². The third-order valence-electron chi connectivity index (χ3n) is 4.56. The van der Waals surface area contributed by atoms with Crippen LogP contribution >= 0.6 is 11.3 Å². The van der Waals surface area contributed by atoms with Crippen molar-refractivity contribution in [1.29, 1.82) is 0 Å². The van der Waals surface area contributed by atoms with Crippen LogP contribution < -0.4 is 5.32 Å². The Balaban J connectivity index is 1.62. The molecule has 3 aromatic rings. The van der Waals surface area contributed by atoms with Crippen LogP contribution in [0.5, 0.6) is 0 Å². The van der Waals surface area contributed by atoms with Gasteiger partial charge in [-0.2, -0.15) is 0 Å². The summed E-state index contributed by atoms with van der Waals surface area (Å²) in [7, 11) is 0. The van der Waals surface area contributed by atoms with Crippen molar-refractivity contribution in [1.82, 2.24) is 15.2 Å². The van der Waals surface area contributed by atoms with Crippen LogP contribution in [0.4, 0.5) is 0 Å². The Kier molecular flexibility index (Phi) is 6.79. The van der Waals surface area contributed by atoms with E-state index in [-0.39, 0.29) is 11.9 Å². The number of nitrogens with zero attached hydrogens (tertiary/aromatic N) is 2. The molecular weight excluding hydrogens is 358 g/mol. The number of likely N-dealkylation sites (N-methyl/N-ethyl adjacent to an activating group) is 1. The number of nitrogens with one attached hydrogen (secondary N) is 1. The van der Waals surface area contributed by atoms with Crippen LogP contribution in [0.2, 0.25) is 0 Å². The molecule has 0 spiro atoms. The van der Waals surface area contributed by atoms with Gasteiger partial charge in [-0.3, -0.25) is 9.69 Å². The number of carbonyl (C=O) groups excluding carboxylic acids is 1. The largest absolute Gasteiger partial charge is 0.468 e.